The van der Waals surface area contributed by atoms with Gasteiger partial charge >= 0.3 is 0 Å². The van der Waals surface area contributed by atoms with Crippen molar-refractivity contribution in [2.24, 2.45) is 0 Å². The van der Waals surface area contributed by atoms with E-state index in [2.05, 4.69) is 20.8 Å². The molecule has 0 saturated heterocycles. The Kier molecular flexibility index (Phi) is 6.41. The lowest BCUT2D eigenvalue weighted by atomic mass is 10.1. The van der Waals surface area contributed by atoms with Crippen molar-refractivity contribution < 1.29 is 14.3 Å². The second-order valence-corrected chi connectivity index (χ2v) is 5.95. The predicted octanol–water partition coefficient (Wildman–Crippen LogP) is 3.21. The number of anilines is 2. The first-order chi connectivity index (χ1) is 13.7. The summed E-state index contributed by atoms with van der Waals surface area (Å²) >= 11 is 0. The first kappa shape index (κ1) is 19.2. The van der Waals surface area contributed by atoms with E-state index in [-0.39, 0.29) is 11.6 Å². The van der Waals surface area contributed by atoms with Gasteiger partial charge in [0.2, 0.25) is 0 Å². The number of carbonyl (C=O) groups excluding carboxylic acids is 1. The van der Waals surface area contributed by atoms with Gasteiger partial charge in [-0.15, -0.1) is 10.2 Å². The lowest BCUT2D eigenvalue weighted by molar-refractivity contribution is 0.0948. The van der Waals surface area contributed by atoms with Crippen molar-refractivity contribution in [3.05, 3.63) is 71.9 Å². The molecule has 0 saturated carbocycles. The number of aromatic nitrogens is 2. The Hall–Kier alpha value is -3.61. The van der Waals surface area contributed by atoms with Crippen LogP contribution in [0.4, 0.5) is 11.5 Å². The fourth-order valence-corrected chi connectivity index (χ4v) is 2.72. The zero-order chi connectivity index (χ0) is 19.8. The van der Waals surface area contributed by atoms with Crippen LogP contribution in [0, 0.1) is 0 Å². The molecule has 144 valence electrons. The molecular weight excluding hydrogens is 356 g/mol. The van der Waals surface area contributed by atoms with E-state index in [4.69, 9.17) is 9.47 Å². The Morgan fingerprint density at radius 2 is 1.61 bits per heavy atom. The maximum Gasteiger partial charge on any atom is 0.271 e. The topological polar surface area (TPSA) is 85.4 Å². The van der Waals surface area contributed by atoms with Crippen molar-refractivity contribution in [2.45, 2.75) is 6.42 Å². The molecule has 0 aliphatic heterocycles. The molecule has 0 unspecified atom stereocenters. The quantitative estimate of drug-likeness (QED) is 0.626. The van der Waals surface area contributed by atoms with Crippen LogP contribution in [0.25, 0.3) is 0 Å². The summed E-state index contributed by atoms with van der Waals surface area (Å²) in [7, 11) is 3.23. The number of rotatable bonds is 8. The number of nitrogens with zero attached hydrogens (tertiary/aromatic N) is 2. The zero-order valence-electron chi connectivity index (χ0n) is 15.8. The van der Waals surface area contributed by atoms with Crippen molar-refractivity contribution in [1.82, 2.24) is 15.5 Å². The van der Waals surface area contributed by atoms with E-state index < -0.39 is 0 Å². The zero-order valence-corrected chi connectivity index (χ0v) is 15.8. The highest BCUT2D eigenvalue weighted by molar-refractivity contribution is 5.92. The van der Waals surface area contributed by atoms with Crippen LogP contribution < -0.4 is 20.1 Å². The van der Waals surface area contributed by atoms with Crippen LogP contribution in [-0.2, 0) is 6.42 Å². The van der Waals surface area contributed by atoms with Crippen LogP contribution in [-0.4, -0.2) is 36.9 Å². The third kappa shape index (κ3) is 4.76. The molecule has 0 aliphatic carbocycles. The molecule has 7 nitrogen and oxygen atoms in total. The fraction of sp³-hybridized carbons (Fsp3) is 0.190. The van der Waals surface area contributed by atoms with E-state index in [1.54, 1.807) is 26.4 Å². The number of benzene rings is 2. The second kappa shape index (κ2) is 9.36. The Labute approximate surface area is 163 Å². The maximum atomic E-state index is 12.3. The van der Waals surface area contributed by atoms with Gasteiger partial charge in [-0.2, -0.15) is 0 Å². The van der Waals surface area contributed by atoms with E-state index in [0.29, 0.717) is 24.5 Å². The van der Waals surface area contributed by atoms with Crippen LogP contribution in [0.15, 0.2) is 60.7 Å². The van der Waals surface area contributed by atoms with Crippen molar-refractivity contribution in [1.29, 1.82) is 0 Å². The van der Waals surface area contributed by atoms with Crippen molar-refractivity contribution in [3.8, 4) is 11.5 Å². The highest BCUT2D eigenvalue weighted by Crippen LogP contribution is 2.25. The first-order valence-electron chi connectivity index (χ1n) is 8.85. The van der Waals surface area contributed by atoms with Crippen molar-refractivity contribution >= 4 is 17.4 Å². The lowest BCUT2D eigenvalue weighted by Crippen LogP contribution is -2.26. The Morgan fingerprint density at radius 1 is 0.893 bits per heavy atom. The van der Waals surface area contributed by atoms with Gasteiger partial charge in [0.05, 0.1) is 19.9 Å². The molecule has 0 aliphatic rings. The first-order valence-corrected chi connectivity index (χ1v) is 8.85. The van der Waals surface area contributed by atoms with Crippen molar-refractivity contribution in [3.63, 3.8) is 0 Å². The molecule has 3 aromatic rings. The number of ether oxygens (including phenoxy) is 2. The lowest BCUT2D eigenvalue weighted by Gasteiger charge is -2.10. The Balaban J connectivity index is 1.56. The number of methoxy groups -OCH3 is 2. The average molecular weight is 378 g/mol. The summed E-state index contributed by atoms with van der Waals surface area (Å²) in [6.07, 6.45) is 0.663. The van der Waals surface area contributed by atoms with Gasteiger partial charge in [0.1, 0.15) is 11.5 Å². The molecule has 2 N–H and O–H groups in total. The molecule has 0 atom stereocenters. The minimum Gasteiger partial charge on any atom is -0.496 e. The minimum atomic E-state index is -0.272. The SMILES string of the molecule is COc1ccccc1CCNC(=O)c1ccc(Nc2ccccc2OC)nn1. The summed E-state index contributed by atoms with van der Waals surface area (Å²) in [5.41, 5.74) is 2.06. The Bertz CT molecular complexity index is 929. The number of hydrogen-bond donors (Lipinski definition) is 2. The molecule has 1 aromatic heterocycles. The molecule has 0 fully saturated rings. The Morgan fingerprint density at radius 3 is 2.32 bits per heavy atom. The molecule has 1 heterocycles. The van der Waals surface area contributed by atoms with Crippen LogP contribution in [0.5, 0.6) is 11.5 Å². The fourth-order valence-electron chi connectivity index (χ4n) is 2.72. The van der Waals surface area contributed by atoms with E-state index in [1.165, 1.54) is 0 Å². The van der Waals surface area contributed by atoms with Gasteiger partial charge in [0.15, 0.2) is 11.5 Å². The monoisotopic (exact) mass is 378 g/mol. The molecular formula is C21H22N4O3. The van der Waals surface area contributed by atoms with E-state index in [9.17, 15) is 4.79 Å². The molecule has 28 heavy (non-hydrogen) atoms. The summed E-state index contributed by atoms with van der Waals surface area (Å²) in [6.45, 7) is 0.474. The molecule has 1 amide bonds. The number of carbonyl (C=O) groups is 1. The number of para-hydroxylation sites is 3. The molecule has 0 spiro atoms. The third-order valence-corrected chi connectivity index (χ3v) is 4.14. The van der Waals surface area contributed by atoms with Crippen LogP contribution in [0.1, 0.15) is 16.1 Å². The molecule has 0 radical (unpaired) electrons. The highest BCUT2D eigenvalue weighted by atomic mass is 16.5. The molecule has 7 heteroatoms. The molecule has 3 rings (SSSR count). The molecule has 0 bridgehead atoms. The van der Waals surface area contributed by atoms with Crippen LogP contribution >= 0.6 is 0 Å². The van der Waals surface area contributed by atoms with Crippen molar-refractivity contribution in [2.75, 3.05) is 26.1 Å². The summed E-state index contributed by atoms with van der Waals surface area (Å²) in [5.74, 6) is 1.76. The number of nitrogens with one attached hydrogen (secondary N) is 2. The van der Waals surface area contributed by atoms with E-state index >= 15 is 0 Å². The average Bonchev–Trinajstić information content (AvgIpc) is 2.75. The summed E-state index contributed by atoms with van der Waals surface area (Å²) < 4.78 is 10.6. The van der Waals surface area contributed by atoms with E-state index in [1.807, 2.05) is 48.5 Å². The normalized spacial score (nSPS) is 10.2. The summed E-state index contributed by atoms with van der Waals surface area (Å²) in [5, 5.41) is 14.0. The summed E-state index contributed by atoms with van der Waals surface area (Å²) in [6, 6.07) is 18.6. The standard InChI is InChI=1S/C21H22N4O3/c1-27-18-9-5-3-7-15(18)13-14-22-21(26)17-11-12-20(25-24-17)23-16-8-4-6-10-19(16)28-2/h3-12H,13-14H2,1-2H3,(H,22,26)(H,23,25). The number of hydrogen-bond acceptors (Lipinski definition) is 6. The van der Waals surface area contributed by atoms with Gasteiger partial charge in [-0.3, -0.25) is 4.79 Å². The van der Waals surface area contributed by atoms with Gasteiger partial charge in [0, 0.05) is 6.54 Å². The predicted molar refractivity (Wildman–Crippen MR) is 107 cm³/mol. The van der Waals surface area contributed by atoms with E-state index in [0.717, 1.165) is 17.0 Å². The third-order valence-electron chi connectivity index (χ3n) is 4.14. The van der Waals surface area contributed by atoms with Gasteiger partial charge in [0.25, 0.3) is 5.91 Å². The minimum absolute atomic E-state index is 0.255. The van der Waals surface area contributed by atoms with Crippen LogP contribution in [0.3, 0.4) is 0 Å². The van der Waals surface area contributed by atoms with Gasteiger partial charge in [-0.25, -0.2) is 0 Å². The number of amides is 1. The van der Waals surface area contributed by atoms with Gasteiger partial charge in [-0.1, -0.05) is 30.3 Å². The largest absolute Gasteiger partial charge is 0.496 e. The highest BCUT2D eigenvalue weighted by Gasteiger charge is 2.10. The smallest absolute Gasteiger partial charge is 0.271 e. The summed E-state index contributed by atoms with van der Waals surface area (Å²) in [4.78, 5) is 12.3. The van der Waals surface area contributed by atoms with Crippen LogP contribution in [0.2, 0.25) is 0 Å². The molecule has 2 aromatic carbocycles. The van der Waals surface area contributed by atoms with Gasteiger partial charge in [-0.05, 0) is 42.3 Å². The second-order valence-electron chi connectivity index (χ2n) is 5.95. The van der Waals surface area contributed by atoms with Gasteiger partial charge < -0.3 is 20.1 Å². The maximum absolute atomic E-state index is 12.3.